The standard InChI is InChI=1S/C38H63NO5/c1-6-7-15-41-17-19-43-20-18-42-16-14-39-25-26(2)21-35-36(39)28(4)38(44-35)13-11-31-32-9-8-29-22-30(40)10-12-37(29,5)34(32)23-33(31)27(3)24-38/h8,26,28,30-32,34-36,40H,6-7,9-25H2,1-5H3/t26-,28+,30-,31-,32-,34-,35+,36-,37-,38-/m0/s1. The molecule has 1 N–H and O–H groups in total. The van der Waals surface area contributed by atoms with Crippen LogP contribution in [-0.2, 0) is 18.9 Å². The zero-order chi connectivity index (χ0) is 30.9. The second-order valence-electron chi connectivity index (χ2n) is 15.9. The van der Waals surface area contributed by atoms with Gasteiger partial charge in [-0.2, -0.15) is 0 Å². The van der Waals surface area contributed by atoms with Crippen molar-refractivity contribution in [2.24, 2.45) is 35.0 Å². The average Bonchev–Trinajstić information content (AvgIpc) is 3.46. The number of unbranched alkanes of at least 4 members (excludes halogenated alkanes) is 1. The van der Waals surface area contributed by atoms with Crippen molar-refractivity contribution in [2.45, 2.75) is 129 Å². The Kier molecular flexibility index (Phi) is 10.7. The highest BCUT2D eigenvalue weighted by atomic mass is 16.5. The molecule has 6 rings (SSSR count). The predicted octanol–water partition coefficient (Wildman–Crippen LogP) is 6.95. The van der Waals surface area contributed by atoms with E-state index in [0.717, 1.165) is 70.2 Å². The zero-order valence-corrected chi connectivity index (χ0v) is 28.7. The summed E-state index contributed by atoms with van der Waals surface area (Å²) in [7, 11) is 0. The summed E-state index contributed by atoms with van der Waals surface area (Å²) in [6, 6.07) is 0.488. The van der Waals surface area contributed by atoms with Crippen LogP contribution in [0.4, 0.5) is 0 Å². The zero-order valence-electron chi connectivity index (χ0n) is 28.7. The molecule has 2 heterocycles. The molecule has 6 nitrogen and oxygen atoms in total. The minimum atomic E-state index is -0.128. The number of fused-ring (bicyclic) bond motifs is 6. The number of hydrogen-bond donors (Lipinski definition) is 1. The third-order valence-electron chi connectivity index (χ3n) is 13.2. The molecule has 250 valence electrons. The number of nitrogens with zero attached hydrogens (tertiary/aromatic N) is 1. The van der Waals surface area contributed by atoms with Gasteiger partial charge in [-0.15, -0.1) is 0 Å². The number of aliphatic hydroxyl groups excluding tert-OH is 1. The Morgan fingerprint density at radius 2 is 1.75 bits per heavy atom. The highest BCUT2D eigenvalue weighted by molar-refractivity contribution is 5.34. The van der Waals surface area contributed by atoms with Gasteiger partial charge in [0.05, 0.1) is 50.8 Å². The second kappa shape index (κ2) is 14.2. The van der Waals surface area contributed by atoms with Crippen molar-refractivity contribution in [3.63, 3.8) is 0 Å². The maximum absolute atomic E-state index is 10.4. The van der Waals surface area contributed by atoms with E-state index in [1.165, 1.54) is 38.5 Å². The molecule has 4 aliphatic carbocycles. The molecule has 10 atom stereocenters. The first-order valence-corrected chi connectivity index (χ1v) is 18.5. The van der Waals surface area contributed by atoms with Gasteiger partial charge in [0.2, 0.25) is 0 Å². The van der Waals surface area contributed by atoms with Crippen LogP contribution in [0.3, 0.4) is 0 Å². The van der Waals surface area contributed by atoms with Crippen molar-refractivity contribution in [1.82, 2.24) is 4.90 Å². The van der Waals surface area contributed by atoms with E-state index in [0.29, 0.717) is 61.7 Å². The van der Waals surface area contributed by atoms with E-state index in [-0.39, 0.29) is 11.7 Å². The molecule has 1 spiro atoms. The molecule has 0 bridgehead atoms. The maximum Gasteiger partial charge on any atom is 0.0765 e. The maximum atomic E-state index is 10.4. The molecule has 0 aromatic rings. The van der Waals surface area contributed by atoms with E-state index in [9.17, 15) is 5.11 Å². The smallest absolute Gasteiger partial charge is 0.0765 e. The van der Waals surface area contributed by atoms with Gasteiger partial charge >= 0.3 is 0 Å². The minimum absolute atomic E-state index is 0.0308. The lowest BCUT2D eigenvalue weighted by Gasteiger charge is -2.49. The number of ether oxygens (including phenoxy) is 4. The van der Waals surface area contributed by atoms with Crippen LogP contribution in [0.5, 0.6) is 0 Å². The first-order valence-electron chi connectivity index (χ1n) is 18.5. The van der Waals surface area contributed by atoms with Gasteiger partial charge < -0.3 is 24.1 Å². The lowest BCUT2D eigenvalue weighted by atomic mass is 9.56. The Morgan fingerprint density at radius 1 is 1.00 bits per heavy atom. The summed E-state index contributed by atoms with van der Waals surface area (Å²) in [5.41, 5.74) is 5.26. The van der Waals surface area contributed by atoms with Gasteiger partial charge in [0.15, 0.2) is 0 Å². The van der Waals surface area contributed by atoms with E-state index in [2.05, 4.69) is 45.6 Å². The molecule has 6 heteroatoms. The van der Waals surface area contributed by atoms with Gasteiger partial charge in [0.1, 0.15) is 0 Å². The van der Waals surface area contributed by atoms with Crippen LogP contribution >= 0.6 is 0 Å². The van der Waals surface area contributed by atoms with E-state index in [1.54, 1.807) is 16.7 Å². The van der Waals surface area contributed by atoms with Gasteiger partial charge in [-0.25, -0.2) is 0 Å². The molecular formula is C38H63NO5. The first kappa shape index (κ1) is 33.2. The van der Waals surface area contributed by atoms with Crippen LogP contribution in [0, 0.1) is 35.0 Å². The molecule has 0 aromatic carbocycles. The van der Waals surface area contributed by atoms with Gasteiger partial charge in [0, 0.05) is 31.7 Å². The number of allylic oxidation sites excluding steroid dienone is 2. The van der Waals surface area contributed by atoms with Gasteiger partial charge in [-0.3, -0.25) is 4.90 Å². The fourth-order valence-corrected chi connectivity index (χ4v) is 10.8. The normalized spacial score (nSPS) is 42.1. The quantitative estimate of drug-likeness (QED) is 0.190. The first-order chi connectivity index (χ1) is 21.3. The van der Waals surface area contributed by atoms with Crippen LogP contribution in [0.2, 0.25) is 0 Å². The van der Waals surface area contributed by atoms with Crippen molar-refractivity contribution in [2.75, 3.05) is 52.7 Å². The van der Waals surface area contributed by atoms with Gasteiger partial charge in [-0.05, 0) is 100 Å². The highest BCUT2D eigenvalue weighted by Crippen LogP contribution is 2.63. The van der Waals surface area contributed by atoms with Crippen molar-refractivity contribution in [1.29, 1.82) is 0 Å². The highest BCUT2D eigenvalue weighted by Gasteiger charge is 2.59. The SMILES string of the molecule is CCCCOCCOCCOCCN1C[C@@H](C)C[C@H]2O[C@]3(CC[C@@H]4C(=C(C)C3)C[C@H]3[C@H]4CC=C4C[C@@H](O)CC[C@@]43C)[C@H](C)[C@@H]21. The van der Waals surface area contributed by atoms with Crippen LogP contribution in [0.1, 0.15) is 105 Å². The molecule has 44 heavy (non-hydrogen) atoms. The molecule has 0 radical (unpaired) electrons. The Morgan fingerprint density at radius 3 is 2.52 bits per heavy atom. The second-order valence-corrected chi connectivity index (χ2v) is 15.9. The molecule has 2 saturated heterocycles. The topological polar surface area (TPSA) is 60.4 Å². The number of likely N-dealkylation sites (tertiary alicyclic amines) is 1. The third kappa shape index (κ3) is 6.52. The lowest BCUT2D eigenvalue weighted by Crippen LogP contribution is -2.52. The predicted molar refractivity (Wildman–Crippen MR) is 176 cm³/mol. The molecule has 0 unspecified atom stereocenters. The minimum Gasteiger partial charge on any atom is -0.393 e. The molecule has 2 aliphatic heterocycles. The molecule has 4 fully saturated rings. The van der Waals surface area contributed by atoms with Crippen molar-refractivity contribution >= 4 is 0 Å². The van der Waals surface area contributed by atoms with E-state index in [4.69, 9.17) is 18.9 Å². The summed E-state index contributed by atoms with van der Waals surface area (Å²) in [4.78, 5) is 2.72. The van der Waals surface area contributed by atoms with Gasteiger partial charge in [0.25, 0.3) is 0 Å². The summed E-state index contributed by atoms with van der Waals surface area (Å²) < 4.78 is 24.6. The van der Waals surface area contributed by atoms with E-state index < -0.39 is 0 Å². The number of rotatable bonds is 12. The van der Waals surface area contributed by atoms with E-state index in [1.807, 2.05) is 0 Å². The van der Waals surface area contributed by atoms with Crippen LogP contribution in [-0.4, -0.2) is 86.6 Å². The summed E-state index contributed by atoms with van der Waals surface area (Å²) in [6.07, 6.45) is 15.3. The van der Waals surface area contributed by atoms with Gasteiger partial charge in [-0.1, -0.05) is 56.9 Å². The van der Waals surface area contributed by atoms with Crippen LogP contribution in [0.25, 0.3) is 0 Å². The van der Waals surface area contributed by atoms with Crippen molar-refractivity contribution in [3.8, 4) is 0 Å². The number of hydrogen-bond acceptors (Lipinski definition) is 6. The summed E-state index contributed by atoms with van der Waals surface area (Å²) in [5.74, 6) is 3.41. The Labute approximate surface area is 268 Å². The molecule has 0 aromatic heterocycles. The lowest BCUT2D eigenvalue weighted by molar-refractivity contribution is -0.0806. The molecule has 0 amide bonds. The summed E-state index contributed by atoms with van der Waals surface area (Å²) in [5, 5.41) is 10.4. The van der Waals surface area contributed by atoms with E-state index >= 15 is 0 Å². The van der Waals surface area contributed by atoms with Crippen molar-refractivity contribution in [3.05, 3.63) is 22.8 Å². The summed E-state index contributed by atoms with van der Waals surface area (Å²) in [6.45, 7) is 18.4. The summed E-state index contributed by atoms with van der Waals surface area (Å²) >= 11 is 0. The molecular weight excluding hydrogens is 550 g/mol. The largest absolute Gasteiger partial charge is 0.393 e. The fraction of sp³-hybridized carbons (Fsp3) is 0.895. The fourth-order valence-electron chi connectivity index (χ4n) is 10.8. The Balaban J connectivity index is 1.05. The number of piperidine rings is 1. The monoisotopic (exact) mass is 613 g/mol. The Hall–Kier alpha value is -0.760. The Bertz CT molecular complexity index is 1040. The van der Waals surface area contributed by atoms with Crippen molar-refractivity contribution < 1.29 is 24.1 Å². The average molecular weight is 614 g/mol. The van der Waals surface area contributed by atoms with Crippen LogP contribution in [0.15, 0.2) is 22.8 Å². The molecule has 2 saturated carbocycles. The third-order valence-corrected chi connectivity index (χ3v) is 13.2. The van der Waals surface area contributed by atoms with Crippen LogP contribution < -0.4 is 0 Å². The molecule has 6 aliphatic rings. The number of aliphatic hydroxyl groups is 1.